The number of nitrogens with one attached hydrogen (secondary N) is 1. The summed E-state index contributed by atoms with van der Waals surface area (Å²) in [5.41, 5.74) is 0.329. The van der Waals surface area contributed by atoms with E-state index < -0.39 is 0 Å². The number of anilines is 2. The molecule has 0 fully saturated rings. The highest BCUT2D eigenvalue weighted by Gasteiger charge is 2.14. The second-order valence-electron chi connectivity index (χ2n) is 4.21. The van der Waals surface area contributed by atoms with Crippen LogP contribution >= 0.6 is 0 Å². The Kier molecular flexibility index (Phi) is 4.29. The molecule has 0 aliphatic carbocycles. The first-order valence-electron chi connectivity index (χ1n) is 6.45. The lowest BCUT2D eigenvalue weighted by atomic mass is 10.3. The van der Waals surface area contributed by atoms with E-state index in [1.165, 1.54) is 12.4 Å². The van der Waals surface area contributed by atoms with Crippen molar-refractivity contribution in [3.05, 3.63) is 29.9 Å². The maximum Gasteiger partial charge on any atom is 0.274 e. The zero-order valence-electron chi connectivity index (χ0n) is 11.8. The van der Waals surface area contributed by atoms with Crippen molar-refractivity contribution in [1.29, 1.82) is 0 Å². The quantitative estimate of drug-likeness (QED) is 0.898. The van der Waals surface area contributed by atoms with E-state index in [0.29, 0.717) is 36.2 Å². The van der Waals surface area contributed by atoms with Gasteiger partial charge in [0.05, 0.1) is 12.4 Å². The normalized spacial score (nSPS) is 10.3. The molecule has 0 aliphatic rings. The number of aryl methyl sites for hydroxylation is 1. The molecule has 1 amide bonds. The maximum absolute atomic E-state index is 12.1. The van der Waals surface area contributed by atoms with Crippen molar-refractivity contribution in [2.45, 2.75) is 20.8 Å². The fraction of sp³-hybridized carbons (Fsp3) is 0.385. The van der Waals surface area contributed by atoms with Gasteiger partial charge in [0.2, 0.25) is 0 Å². The SMILES string of the molecule is CCN(CC)C(=O)c1cnc(Nc2cc(C)on2)cn1. The summed E-state index contributed by atoms with van der Waals surface area (Å²) in [5, 5.41) is 6.74. The molecule has 0 saturated carbocycles. The van der Waals surface area contributed by atoms with Crippen LogP contribution in [-0.4, -0.2) is 39.0 Å². The molecule has 7 heteroatoms. The predicted molar refractivity (Wildman–Crippen MR) is 73.8 cm³/mol. The van der Waals surface area contributed by atoms with Crippen LogP contribution in [0.4, 0.5) is 11.6 Å². The molecule has 0 radical (unpaired) electrons. The third kappa shape index (κ3) is 3.11. The van der Waals surface area contributed by atoms with Crippen LogP contribution in [0.15, 0.2) is 23.0 Å². The van der Waals surface area contributed by atoms with Gasteiger partial charge in [0.15, 0.2) is 5.82 Å². The van der Waals surface area contributed by atoms with Gasteiger partial charge in [-0.15, -0.1) is 0 Å². The van der Waals surface area contributed by atoms with E-state index in [1.807, 2.05) is 13.8 Å². The number of nitrogens with zero attached hydrogens (tertiary/aromatic N) is 4. The largest absolute Gasteiger partial charge is 0.360 e. The second kappa shape index (κ2) is 6.14. The van der Waals surface area contributed by atoms with Gasteiger partial charge in [-0.1, -0.05) is 5.16 Å². The minimum atomic E-state index is -0.119. The van der Waals surface area contributed by atoms with Crippen LogP contribution in [0.2, 0.25) is 0 Å². The zero-order chi connectivity index (χ0) is 14.5. The number of carbonyl (C=O) groups excluding carboxylic acids is 1. The minimum absolute atomic E-state index is 0.119. The van der Waals surface area contributed by atoms with Gasteiger partial charge in [-0.2, -0.15) is 0 Å². The van der Waals surface area contributed by atoms with Crippen molar-refractivity contribution in [1.82, 2.24) is 20.0 Å². The maximum atomic E-state index is 12.1. The topological polar surface area (TPSA) is 84.2 Å². The van der Waals surface area contributed by atoms with E-state index in [9.17, 15) is 4.79 Å². The summed E-state index contributed by atoms with van der Waals surface area (Å²) in [7, 11) is 0. The Hall–Kier alpha value is -2.44. The lowest BCUT2D eigenvalue weighted by Gasteiger charge is -2.17. The number of hydrogen-bond donors (Lipinski definition) is 1. The van der Waals surface area contributed by atoms with Gasteiger partial charge in [-0.25, -0.2) is 9.97 Å². The Bertz CT molecular complexity index is 575. The third-order valence-electron chi connectivity index (χ3n) is 2.81. The number of rotatable bonds is 5. The number of carbonyl (C=O) groups is 1. The van der Waals surface area contributed by atoms with Crippen LogP contribution in [0.5, 0.6) is 0 Å². The predicted octanol–water partition coefficient (Wildman–Crippen LogP) is 2.00. The van der Waals surface area contributed by atoms with E-state index in [4.69, 9.17) is 4.52 Å². The van der Waals surface area contributed by atoms with Gasteiger partial charge in [-0.05, 0) is 20.8 Å². The molecule has 0 atom stereocenters. The highest BCUT2D eigenvalue weighted by atomic mass is 16.5. The highest BCUT2D eigenvalue weighted by molar-refractivity contribution is 5.92. The summed E-state index contributed by atoms with van der Waals surface area (Å²) < 4.78 is 4.94. The van der Waals surface area contributed by atoms with E-state index >= 15 is 0 Å². The Labute approximate surface area is 117 Å². The van der Waals surface area contributed by atoms with Gasteiger partial charge in [0.25, 0.3) is 5.91 Å². The lowest BCUT2D eigenvalue weighted by Crippen LogP contribution is -2.31. The van der Waals surface area contributed by atoms with Gasteiger partial charge in [0.1, 0.15) is 17.3 Å². The lowest BCUT2D eigenvalue weighted by molar-refractivity contribution is 0.0766. The highest BCUT2D eigenvalue weighted by Crippen LogP contribution is 2.13. The fourth-order valence-electron chi connectivity index (χ4n) is 1.73. The average molecular weight is 275 g/mol. The average Bonchev–Trinajstić information content (AvgIpc) is 2.86. The van der Waals surface area contributed by atoms with Gasteiger partial charge in [0, 0.05) is 19.2 Å². The smallest absolute Gasteiger partial charge is 0.274 e. The zero-order valence-corrected chi connectivity index (χ0v) is 11.8. The first-order valence-corrected chi connectivity index (χ1v) is 6.45. The third-order valence-corrected chi connectivity index (χ3v) is 2.81. The molecule has 0 saturated heterocycles. The Balaban J connectivity index is 2.08. The van der Waals surface area contributed by atoms with Gasteiger partial charge >= 0.3 is 0 Å². The Morgan fingerprint density at radius 3 is 2.50 bits per heavy atom. The molecule has 0 aromatic carbocycles. The van der Waals surface area contributed by atoms with E-state index in [-0.39, 0.29) is 5.91 Å². The monoisotopic (exact) mass is 275 g/mol. The van der Waals surface area contributed by atoms with Crippen LogP contribution < -0.4 is 5.32 Å². The van der Waals surface area contributed by atoms with Crippen molar-refractivity contribution in [3.63, 3.8) is 0 Å². The van der Waals surface area contributed by atoms with Crippen molar-refractivity contribution >= 4 is 17.5 Å². The van der Waals surface area contributed by atoms with Crippen molar-refractivity contribution in [2.24, 2.45) is 0 Å². The summed E-state index contributed by atoms with van der Waals surface area (Å²) in [4.78, 5) is 22.0. The molecular formula is C13H17N5O2. The number of amides is 1. The van der Waals surface area contributed by atoms with Crippen LogP contribution in [0, 0.1) is 6.92 Å². The van der Waals surface area contributed by atoms with Crippen molar-refractivity contribution in [3.8, 4) is 0 Å². The molecule has 2 aromatic heterocycles. The standard InChI is InChI=1S/C13H17N5O2/c1-4-18(5-2)13(19)10-7-15-12(8-14-10)16-11-6-9(3)20-17-11/h6-8H,4-5H2,1-3H3,(H,15,16,17). The molecule has 0 spiro atoms. The molecule has 20 heavy (non-hydrogen) atoms. The Morgan fingerprint density at radius 2 is 2.00 bits per heavy atom. The van der Waals surface area contributed by atoms with E-state index in [0.717, 1.165) is 0 Å². The molecule has 2 rings (SSSR count). The molecule has 0 aliphatic heterocycles. The fourth-order valence-corrected chi connectivity index (χ4v) is 1.73. The van der Waals surface area contributed by atoms with E-state index in [1.54, 1.807) is 17.9 Å². The van der Waals surface area contributed by atoms with Crippen LogP contribution in [0.1, 0.15) is 30.1 Å². The summed E-state index contributed by atoms with van der Waals surface area (Å²) in [5.74, 6) is 1.65. The van der Waals surface area contributed by atoms with Crippen molar-refractivity contribution in [2.75, 3.05) is 18.4 Å². The van der Waals surface area contributed by atoms with Gasteiger partial charge in [-0.3, -0.25) is 4.79 Å². The first-order chi connectivity index (χ1) is 9.63. The Morgan fingerprint density at radius 1 is 1.25 bits per heavy atom. The molecule has 0 unspecified atom stereocenters. The summed E-state index contributed by atoms with van der Waals surface area (Å²) in [6.07, 6.45) is 2.96. The van der Waals surface area contributed by atoms with Gasteiger partial charge < -0.3 is 14.7 Å². The molecule has 106 valence electrons. The van der Waals surface area contributed by atoms with Crippen LogP contribution in [-0.2, 0) is 0 Å². The summed E-state index contributed by atoms with van der Waals surface area (Å²) in [6.45, 7) is 6.95. The number of hydrogen-bond acceptors (Lipinski definition) is 6. The van der Waals surface area contributed by atoms with E-state index in [2.05, 4.69) is 20.4 Å². The minimum Gasteiger partial charge on any atom is -0.360 e. The molecule has 7 nitrogen and oxygen atoms in total. The molecular weight excluding hydrogens is 258 g/mol. The van der Waals surface area contributed by atoms with Crippen molar-refractivity contribution < 1.29 is 9.32 Å². The molecule has 0 bridgehead atoms. The number of aromatic nitrogens is 3. The molecule has 2 heterocycles. The van der Waals surface area contributed by atoms with Crippen LogP contribution in [0.25, 0.3) is 0 Å². The second-order valence-corrected chi connectivity index (χ2v) is 4.21. The summed E-state index contributed by atoms with van der Waals surface area (Å²) >= 11 is 0. The van der Waals surface area contributed by atoms with Crippen LogP contribution in [0.3, 0.4) is 0 Å². The molecule has 1 N–H and O–H groups in total. The summed E-state index contributed by atoms with van der Waals surface area (Å²) in [6, 6.07) is 1.75. The molecule has 2 aromatic rings. The first kappa shape index (κ1) is 14.0.